The van der Waals surface area contributed by atoms with Gasteiger partial charge < -0.3 is 14.7 Å². The molecule has 1 aliphatic rings. The maximum atomic E-state index is 5.27. The lowest BCUT2D eigenvalue weighted by atomic mass is 10.0. The highest BCUT2D eigenvalue weighted by molar-refractivity contribution is 7.13. The first-order valence-corrected chi connectivity index (χ1v) is 8.36. The Morgan fingerprint density at radius 1 is 1.38 bits per heavy atom. The Kier molecular flexibility index (Phi) is 4.26. The van der Waals surface area contributed by atoms with E-state index < -0.39 is 0 Å². The standard InChI is InChI=1S/C15H22N4OS/c1-10(14-11(2)18-20-12(14)3)17-13-4-7-19(8-5-13)15-16-6-9-21-15/h6,9-10,13,17H,4-5,7-8H2,1-3H3/t10-/m1/s1. The van der Waals surface area contributed by atoms with Crippen LogP contribution in [0.5, 0.6) is 0 Å². The predicted molar refractivity (Wildman–Crippen MR) is 84.9 cm³/mol. The molecule has 3 rings (SSSR count). The molecule has 21 heavy (non-hydrogen) atoms. The van der Waals surface area contributed by atoms with Gasteiger partial charge in [0, 0.05) is 42.3 Å². The van der Waals surface area contributed by atoms with Crippen LogP contribution in [0, 0.1) is 13.8 Å². The van der Waals surface area contributed by atoms with Crippen LogP contribution in [0.2, 0.25) is 0 Å². The molecular formula is C15H22N4OS. The molecule has 0 aromatic carbocycles. The van der Waals surface area contributed by atoms with Gasteiger partial charge in [0.1, 0.15) is 5.76 Å². The van der Waals surface area contributed by atoms with Crippen LogP contribution in [0.4, 0.5) is 5.13 Å². The highest BCUT2D eigenvalue weighted by Crippen LogP contribution is 2.25. The van der Waals surface area contributed by atoms with E-state index in [1.807, 2.05) is 25.4 Å². The van der Waals surface area contributed by atoms with Crippen LogP contribution in [0.3, 0.4) is 0 Å². The average Bonchev–Trinajstić information content (AvgIpc) is 3.10. The number of aryl methyl sites for hydroxylation is 2. The van der Waals surface area contributed by atoms with E-state index in [1.165, 1.54) is 5.56 Å². The van der Waals surface area contributed by atoms with E-state index in [4.69, 9.17) is 4.52 Å². The number of anilines is 1. The molecule has 0 bridgehead atoms. The van der Waals surface area contributed by atoms with Crippen LogP contribution in [-0.4, -0.2) is 29.3 Å². The van der Waals surface area contributed by atoms with Gasteiger partial charge in [0.2, 0.25) is 0 Å². The molecule has 1 saturated heterocycles. The third-order valence-electron chi connectivity index (χ3n) is 4.19. The molecule has 1 N–H and O–H groups in total. The topological polar surface area (TPSA) is 54.2 Å². The van der Waals surface area contributed by atoms with Crippen LogP contribution < -0.4 is 10.2 Å². The molecule has 6 heteroatoms. The first kappa shape index (κ1) is 14.5. The zero-order chi connectivity index (χ0) is 14.8. The van der Waals surface area contributed by atoms with Gasteiger partial charge in [-0.15, -0.1) is 11.3 Å². The minimum atomic E-state index is 0.285. The molecule has 3 heterocycles. The second kappa shape index (κ2) is 6.15. The van der Waals surface area contributed by atoms with E-state index in [0.29, 0.717) is 6.04 Å². The number of aromatic nitrogens is 2. The minimum absolute atomic E-state index is 0.285. The number of thiazole rings is 1. The zero-order valence-electron chi connectivity index (χ0n) is 12.8. The fraction of sp³-hybridized carbons (Fsp3) is 0.600. The quantitative estimate of drug-likeness (QED) is 0.941. The van der Waals surface area contributed by atoms with Crippen molar-refractivity contribution in [1.29, 1.82) is 0 Å². The summed E-state index contributed by atoms with van der Waals surface area (Å²) in [5.41, 5.74) is 2.20. The van der Waals surface area contributed by atoms with Crippen molar-refractivity contribution in [2.24, 2.45) is 0 Å². The van der Waals surface area contributed by atoms with Gasteiger partial charge in [-0.2, -0.15) is 0 Å². The van der Waals surface area contributed by atoms with Gasteiger partial charge in [-0.3, -0.25) is 0 Å². The van der Waals surface area contributed by atoms with E-state index in [0.717, 1.165) is 42.5 Å². The van der Waals surface area contributed by atoms with Crippen molar-refractivity contribution < 1.29 is 4.52 Å². The van der Waals surface area contributed by atoms with E-state index >= 15 is 0 Å². The smallest absolute Gasteiger partial charge is 0.185 e. The molecule has 2 aromatic heterocycles. The highest BCUT2D eigenvalue weighted by atomic mass is 32.1. The van der Waals surface area contributed by atoms with Gasteiger partial charge in [0.15, 0.2) is 5.13 Å². The number of rotatable bonds is 4. The van der Waals surface area contributed by atoms with E-state index in [2.05, 4.69) is 27.3 Å². The van der Waals surface area contributed by atoms with Crippen LogP contribution in [0.15, 0.2) is 16.1 Å². The van der Waals surface area contributed by atoms with E-state index in [9.17, 15) is 0 Å². The van der Waals surface area contributed by atoms with Crippen molar-refractivity contribution in [3.8, 4) is 0 Å². The molecule has 0 unspecified atom stereocenters. The maximum absolute atomic E-state index is 5.27. The monoisotopic (exact) mass is 306 g/mol. The summed E-state index contributed by atoms with van der Waals surface area (Å²) >= 11 is 1.72. The Bertz CT molecular complexity index is 553. The molecule has 5 nitrogen and oxygen atoms in total. The molecule has 0 aliphatic carbocycles. The highest BCUT2D eigenvalue weighted by Gasteiger charge is 2.24. The minimum Gasteiger partial charge on any atom is -0.361 e. The third-order valence-corrected chi connectivity index (χ3v) is 5.02. The summed E-state index contributed by atoms with van der Waals surface area (Å²) < 4.78 is 5.27. The first-order chi connectivity index (χ1) is 10.1. The maximum Gasteiger partial charge on any atom is 0.185 e. The molecule has 1 fully saturated rings. The first-order valence-electron chi connectivity index (χ1n) is 7.48. The van der Waals surface area contributed by atoms with Gasteiger partial charge in [-0.25, -0.2) is 4.98 Å². The zero-order valence-corrected chi connectivity index (χ0v) is 13.6. The van der Waals surface area contributed by atoms with E-state index in [1.54, 1.807) is 11.3 Å². The summed E-state index contributed by atoms with van der Waals surface area (Å²) in [6, 6.07) is 0.831. The molecule has 1 aliphatic heterocycles. The second-order valence-electron chi connectivity index (χ2n) is 5.70. The summed E-state index contributed by atoms with van der Waals surface area (Å²) in [5, 5.41) is 11.0. The summed E-state index contributed by atoms with van der Waals surface area (Å²) in [7, 11) is 0. The molecule has 0 spiro atoms. The summed E-state index contributed by atoms with van der Waals surface area (Å²) in [6.07, 6.45) is 4.17. The van der Waals surface area contributed by atoms with Gasteiger partial charge in [0.25, 0.3) is 0 Å². The van der Waals surface area contributed by atoms with Gasteiger partial charge in [-0.05, 0) is 33.6 Å². The Hall–Kier alpha value is -1.40. The van der Waals surface area contributed by atoms with Crippen molar-refractivity contribution in [2.75, 3.05) is 18.0 Å². The SMILES string of the molecule is Cc1noc(C)c1[C@@H](C)NC1CCN(c2nccs2)CC1. The number of nitrogens with one attached hydrogen (secondary N) is 1. The number of nitrogens with zero attached hydrogens (tertiary/aromatic N) is 3. The third kappa shape index (κ3) is 3.11. The molecule has 0 saturated carbocycles. The molecule has 1 atom stereocenters. The molecule has 0 amide bonds. The molecule has 2 aromatic rings. The van der Waals surface area contributed by atoms with Crippen molar-refractivity contribution in [3.63, 3.8) is 0 Å². The number of hydrogen-bond acceptors (Lipinski definition) is 6. The van der Waals surface area contributed by atoms with Crippen LogP contribution in [0.1, 0.15) is 42.8 Å². The number of piperidine rings is 1. The van der Waals surface area contributed by atoms with Crippen LogP contribution in [-0.2, 0) is 0 Å². The lowest BCUT2D eigenvalue weighted by molar-refractivity contribution is 0.371. The normalized spacial score (nSPS) is 18.1. The second-order valence-corrected chi connectivity index (χ2v) is 6.58. The average molecular weight is 306 g/mol. The van der Waals surface area contributed by atoms with Crippen molar-refractivity contribution in [3.05, 3.63) is 28.6 Å². The Morgan fingerprint density at radius 2 is 2.14 bits per heavy atom. The Labute approximate surface area is 129 Å². The lowest BCUT2D eigenvalue weighted by Crippen LogP contribution is -2.43. The summed E-state index contributed by atoms with van der Waals surface area (Å²) in [6.45, 7) is 8.33. The molecular weight excluding hydrogens is 284 g/mol. The Balaban J connectivity index is 1.56. The van der Waals surface area contributed by atoms with Crippen LogP contribution in [0.25, 0.3) is 0 Å². The van der Waals surface area contributed by atoms with Gasteiger partial charge in [0.05, 0.1) is 5.69 Å². The number of hydrogen-bond donors (Lipinski definition) is 1. The summed E-state index contributed by atoms with van der Waals surface area (Å²) in [4.78, 5) is 6.77. The van der Waals surface area contributed by atoms with E-state index in [-0.39, 0.29) is 6.04 Å². The van der Waals surface area contributed by atoms with Gasteiger partial charge >= 0.3 is 0 Å². The fourth-order valence-electron chi connectivity index (χ4n) is 3.15. The van der Waals surface area contributed by atoms with Crippen LogP contribution >= 0.6 is 11.3 Å². The summed E-state index contributed by atoms with van der Waals surface area (Å²) in [5.74, 6) is 0.924. The van der Waals surface area contributed by atoms with Crippen molar-refractivity contribution in [1.82, 2.24) is 15.5 Å². The van der Waals surface area contributed by atoms with Crippen molar-refractivity contribution in [2.45, 2.75) is 45.7 Å². The molecule has 114 valence electrons. The fourth-order valence-corrected chi connectivity index (χ4v) is 3.85. The largest absolute Gasteiger partial charge is 0.361 e. The van der Waals surface area contributed by atoms with Crippen molar-refractivity contribution >= 4 is 16.5 Å². The van der Waals surface area contributed by atoms with Gasteiger partial charge in [-0.1, -0.05) is 5.16 Å². The molecule has 0 radical (unpaired) electrons. The Morgan fingerprint density at radius 3 is 2.71 bits per heavy atom. The predicted octanol–water partition coefficient (Wildman–Crippen LogP) is 3.07. The lowest BCUT2D eigenvalue weighted by Gasteiger charge is -2.33.